The van der Waals surface area contributed by atoms with Gasteiger partial charge in [0.1, 0.15) is 5.82 Å². The SMILES string of the molecule is CC[C@H](C)CNc1ccc(C(=O)N2CCCN(c3ncccn3)CC2)cn1. The van der Waals surface area contributed by atoms with E-state index in [1.807, 2.05) is 23.1 Å². The number of hydrogen-bond donors (Lipinski definition) is 1. The fourth-order valence-corrected chi connectivity index (χ4v) is 3.01. The van der Waals surface area contributed by atoms with E-state index in [9.17, 15) is 4.79 Å². The smallest absolute Gasteiger partial charge is 0.255 e. The molecule has 0 aromatic carbocycles. The Morgan fingerprint density at radius 1 is 1.15 bits per heavy atom. The number of amides is 1. The second-order valence-electron chi connectivity index (χ2n) is 7.01. The molecule has 3 heterocycles. The van der Waals surface area contributed by atoms with E-state index in [2.05, 4.69) is 39.0 Å². The lowest BCUT2D eigenvalue weighted by atomic mass is 10.1. The van der Waals surface area contributed by atoms with Crippen molar-refractivity contribution in [2.45, 2.75) is 26.7 Å². The summed E-state index contributed by atoms with van der Waals surface area (Å²) in [4.78, 5) is 29.9. The largest absolute Gasteiger partial charge is 0.370 e. The van der Waals surface area contributed by atoms with Crippen LogP contribution in [0, 0.1) is 5.92 Å². The summed E-state index contributed by atoms with van der Waals surface area (Å²) in [5, 5.41) is 3.32. The minimum Gasteiger partial charge on any atom is -0.370 e. The third-order valence-corrected chi connectivity index (χ3v) is 4.96. The van der Waals surface area contributed by atoms with Crippen LogP contribution in [-0.2, 0) is 0 Å². The highest BCUT2D eigenvalue weighted by molar-refractivity contribution is 5.94. The number of aromatic nitrogens is 3. The molecule has 1 amide bonds. The Labute approximate surface area is 160 Å². The maximum atomic E-state index is 12.8. The van der Waals surface area contributed by atoms with Crippen molar-refractivity contribution in [1.82, 2.24) is 19.9 Å². The Morgan fingerprint density at radius 2 is 1.96 bits per heavy atom. The van der Waals surface area contributed by atoms with Gasteiger partial charge in [0.25, 0.3) is 5.91 Å². The highest BCUT2D eigenvalue weighted by Gasteiger charge is 2.21. The fraction of sp³-hybridized carbons (Fsp3) is 0.500. The molecule has 27 heavy (non-hydrogen) atoms. The maximum Gasteiger partial charge on any atom is 0.255 e. The molecule has 0 saturated carbocycles. The van der Waals surface area contributed by atoms with Crippen molar-refractivity contribution >= 4 is 17.7 Å². The summed E-state index contributed by atoms with van der Waals surface area (Å²) in [5.41, 5.74) is 0.633. The Balaban J connectivity index is 1.57. The van der Waals surface area contributed by atoms with Gasteiger partial charge in [-0.3, -0.25) is 4.79 Å². The first-order chi connectivity index (χ1) is 13.2. The lowest BCUT2D eigenvalue weighted by molar-refractivity contribution is 0.0766. The van der Waals surface area contributed by atoms with E-state index in [1.54, 1.807) is 18.6 Å². The Morgan fingerprint density at radius 3 is 2.67 bits per heavy atom. The zero-order valence-corrected chi connectivity index (χ0v) is 16.1. The summed E-state index contributed by atoms with van der Waals surface area (Å²) >= 11 is 0. The van der Waals surface area contributed by atoms with E-state index >= 15 is 0 Å². The summed E-state index contributed by atoms with van der Waals surface area (Å²) in [5.74, 6) is 2.17. The van der Waals surface area contributed by atoms with Gasteiger partial charge in [0.05, 0.1) is 5.56 Å². The number of nitrogens with one attached hydrogen (secondary N) is 1. The maximum absolute atomic E-state index is 12.8. The molecule has 144 valence electrons. The van der Waals surface area contributed by atoms with Crippen LogP contribution >= 0.6 is 0 Å². The van der Waals surface area contributed by atoms with Crippen LogP contribution in [0.3, 0.4) is 0 Å². The molecule has 7 heteroatoms. The van der Waals surface area contributed by atoms with E-state index < -0.39 is 0 Å². The number of anilines is 2. The summed E-state index contributed by atoms with van der Waals surface area (Å²) in [6.07, 6.45) is 7.19. The van der Waals surface area contributed by atoms with E-state index in [-0.39, 0.29) is 5.91 Å². The van der Waals surface area contributed by atoms with E-state index in [1.165, 1.54) is 0 Å². The van der Waals surface area contributed by atoms with Crippen molar-refractivity contribution in [1.29, 1.82) is 0 Å². The Hall–Kier alpha value is -2.70. The summed E-state index contributed by atoms with van der Waals surface area (Å²) in [7, 11) is 0. The van der Waals surface area contributed by atoms with Gasteiger partial charge in [-0.25, -0.2) is 15.0 Å². The molecule has 1 N–H and O–H groups in total. The summed E-state index contributed by atoms with van der Waals surface area (Å²) in [6, 6.07) is 5.56. The third-order valence-electron chi connectivity index (χ3n) is 4.96. The number of pyridine rings is 1. The van der Waals surface area contributed by atoms with Gasteiger partial charge in [-0.2, -0.15) is 0 Å². The van der Waals surface area contributed by atoms with Crippen LogP contribution in [0.5, 0.6) is 0 Å². The van der Waals surface area contributed by atoms with Crippen LogP contribution in [0.1, 0.15) is 37.0 Å². The number of nitrogens with zero attached hydrogens (tertiary/aromatic N) is 5. The Kier molecular flexibility index (Phi) is 6.57. The molecule has 0 spiro atoms. The lowest BCUT2D eigenvalue weighted by Gasteiger charge is -2.22. The molecule has 0 aliphatic carbocycles. The van der Waals surface area contributed by atoms with Gasteiger partial charge in [0, 0.05) is 51.3 Å². The molecule has 0 unspecified atom stereocenters. The average molecular weight is 368 g/mol. The van der Waals surface area contributed by atoms with E-state index in [0.717, 1.165) is 50.8 Å². The van der Waals surface area contributed by atoms with Gasteiger partial charge in [0.15, 0.2) is 0 Å². The highest BCUT2D eigenvalue weighted by atomic mass is 16.2. The van der Waals surface area contributed by atoms with Crippen molar-refractivity contribution in [2.24, 2.45) is 5.92 Å². The van der Waals surface area contributed by atoms with Crippen molar-refractivity contribution in [3.8, 4) is 0 Å². The second kappa shape index (κ2) is 9.30. The average Bonchev–Trinajstić information content (AvgIpc) is 2.99. The minimum atomic E-state index is 0.0341. The number of carbonyl (C=O) groups excluding carboxylic acids is 1. The molecule has 0 bridgehead atoms. The summed E-state index contributed by atoms with van der Waals surface area (Å²) in [6.45, 7) is 8.24. The van der Waals surface area contributed by atoms with Crippen molar-refractivity contribution < 1.29 is 4.79 Å². The van der Waals surface area contributed by atoms with Gasteiger partial charge >= 0.3 is 0 Å². The standard InChI is InChI=1S/C20H28N6O/c1-3-16(2)14-23-18-7-6-17(15-24-18)19(27)25-10-5-11-26(13-12-25)20-21-8-4-9-22-20/h4,6-9,15-16H,3,5,10-14H2,1-2H3,(H,23,24)/t16-/m0/s1. The molecule has 1 saturated heterocycles. The van der Waals surface area contributed by atoms with Crippen LogP contribution in [0.4, 0.5) is 11.8 Å². The van der Waals surface area contributed by atoms with Gasteiger partial charge in [0.2, 0.25) is 5.95 Å². The second-order valence-corrected chi connectivity index (χ2v) is 7.01. The molecule has 3 rings (SSSR count). The summed E-state index contributed by atoms with van der Waals surface area (Å²) < 4.78 is 0. The zero-order valence-electron chi connectivity index (χ0n) is 16.1. The molecular weight excluding hydrogens is 340 g/mol. The predicted octanol–water partition coefficient (Wildman–Crippen LogP) is 2.68. The lowest BCUT2D eigenvalue weighted by Crippen LogP contribution is -2.35. The quantitative estimate of drug-likeness (QED) is 0.845. The first kappa shape index (κ1) is 19.1. The van der Waals surface area contributed by atoms with E-state index in [0.29, 0.717) is 18.0 Å². The van der Waals surface area contributed by atoms with Crippen molar-refractivity contribution in [3.05, 3.63) is 42.4 Å². The first-order valence-corrected chi connectivity index (χ1v) is 9.68. The van der Waals surface area contributed by atoms with Crippen LogP contribution in [0.15, 0.2) is 36.8 Å². The van der Waals surface area contributed by atoms with Crippen LogP contribution in [0.2, 0.25) is 0 Å². The van der Waals surface area contributed by atoms with Crippen molar-refractivity contribution in [3.63, 3.8) is 0 Å². The topological polar surface area (TPSA) is 74.2 Å². The number of carbonyl (C=O) groups is 1. The van der Waals surface area contributed by atoms with Gasteiger partial charge in [-0.05, 0) is 30.5 Å². The first-order valence-electron chi connectivity index (χ1n) is 9.68. The highest BCUT2D eigenvalue weighted by Crippen LogP contribution is 2.14. The molecule has 1 atom stereocenters. The molecule has 7 nitrogen and oxygen atoms in total. The fourth-order valence-electron chi connectivity index (χ4n) is 3.01. The van der Waals surface area contributed by atoms with Gasteiger partial charge in [-0.1, -0.05) is 20.3 Å². The predicted molar refractivity (Wildman–Crippen MR) is 107 cm³/mol. The van der Waals surface area contributed by atoms with Crippen LogP contribution in [-0.4, -0.2) is 58.5 Å². The Bertz CT molecular complexity index is 721. The van der Waals surface area contributed by atoms with Gasteiger partial charge < -0.3 is 15.1 Å². The number of hydrogen-bond acceptors (Lipinski definition) is 6. The molecule has 2 aromatic rings. The normalized spacial score (nSPS) is 15.9. The molecule has 2 aromatic heterocycles. The molecular formula is C20H28N6O. The van der Waals surface area contributed by atoms with E-state index in [4.69, 9.17) is 0 Å². The third kappa shape index (κ3) is 5.15. The number of rotatable bonds is 6. The van der Waals surface area contributed by atoms with Crippen molar-refractivity contribution in [2.75, 3.05) is 42.9 Å². The molecule has 1 fully saturated rings. The minimum absolute atomic E-state index is 0.0341. The molecule has 1 aliphatic heterocycles. The van der Waals surface area contributed by atoms with Gasteiger partial charge in [-0.15, -0.1) is 0 Å². The molecule has 1 aliphatic rings. The molecule has 0 radical (unpaired) electrons. The zero-order chi connectivity index (χ0) is 19.1. The van der Waals surface area contributed by atoms with Crippen LogP contribution < -0.4 is 10.2 Å². The monoisotopic (exact) mass is 368 g/mol. The van der Waals surface area contributed by atoms with Crippen LogP contribution in [0.25, 0.3) is 0 Å².